The number of aromatic nitrogens is 2. The third kappa shape index (κ3) is 2.73. The van der Waals surface area contributed by atoms with Crippen molar-refractivity contribution >= 4 is 22.9 Å². The van der Waals surface area contributed by atoms with Crippen molar-refractivity contribution in [2.45, 2.75) is 19.8 Å². The molecule has 0 atom stereocenters. The number of nitrogens with zero attached hydrogens (tertiary/aromatic N) is 2. The number of aryl methyl sites for hydroxylation is 2. The van der Waals surface area contributed by atoms with Crippen molar-refractivity contribution in [3.63, 3.8) is 0 Å². The van der Waals surface area contributed by atoms with Gasteiger partial charge in [0.15, 0.2) is 11.6 Å². The minimum Gasteiger partial charge on any atom is -0.293 e. The van der Waals surface area contributed by atoms with Gasteiger partial charge in [-0.15, -0.1) is 11.3 Å². The second-order valence-corrected chi connectivity index (χ2v) is 5.19. The highest BCUT2D eigenvalue weighted by molar-refractivity contribution is 7.14. The Kier molecular flexibility index (Phi) is 3.72. The van der Waals surface area contributed by atoms with Gasteiger partial charge in [-0.05, 0) is 24.6 Å². The van der Waals surface area contributed by atoms with E-state index < -0.39 is 0 Å². The largest absolute Gasteiger partial charge is 0.293 e. The molecule has 4 nitrogen and oxygen atoms in total. The van der Waals surface area contributed by atoms with E-state index in [1.54, 1.807) is 30.1 Å². The van der Waals surface area contributed by atoms with Crippen molar-refractivity contribution in [1.29, 1.82) is 0 Å². The zero-order chi connectivity index (χ0) is 13.1. The van der Waals surface area contributed by atoms with Gasteiger partial charge in [0.25, 0.3) is 0 Å². The SMILES string of the molecule is CCc1ccc(C(=O)CC(=O)c2ccn(C)n2)s1. The summed E-state index contributed by atoms with van der Waals surface area (Å²) in [4.78, 5) is 25.6. The predicted octanol–water partition coefficient (Wildman–Crippen LogP) is 2.50. The molecule has 0 aliphatic heterocycles. The maximum Gasteiger partial charge on any atom is 0.190 e. The summed E-state index contributed by atoms with van der Waals surface area (Å²) in [7, 11) is 1.74. The molecule has 0 unspecified atom stereocenters. The first-order valence-corrected chi connectivity index (χ1v) is 6.56. The number of Topliss-reactive ketones (excluding diaryl/α,β-unsaturated/α-hetero) is 2. The first kappa shape index (κ1) is 12.7. The van der Waals surface area contributed by atoms with E-state index in [1.165, 1.54) is 11.3 Å². The van der Waals surface area contributed by atoms with Gasteiger partial charge in [0.1, 0.15) is 5.69 Å². The summed E-state index contributed by atoms with van der Waals surface area (Å²) >= 11 is 1.46. The average molecular weight is 262 g/mol. The fourth-order valence-electron chi connectivity index (χ4n) is 1.61. The Labute approximate surface area is 109 Å². The molecule has 0 aromatic carbocycles. The van der Waals surface area contributed by atoms with Crippen LogP contribution in [0.3, 0.4) is 0 Å². The molecule has 0 saturated heterocycles. The molecule has 0 saturated carbocycles. The van der Waals surface area contributed by atoms with Gasteiger partial charge in [-0.1, -0.05) is 6.92 Å². The molecule has 2 rings (SSSR count). The van der Waals surface area contributed by atoms with Crippen molar-refractivity contribution in [1.82, 2.24) is 9.78 Å². The summed E-state index contributed by atoms with van der Waals surface area (Å²) in [6, 6.07) is 5.35. The van der Waals surface area contributed by atoms with E-state index in [-0.39, 0.29) is 18.0 Å². The molecule has 2 aromatic rings. The lowest BCUT2D eigenvalue weighted by Crippen LogP contribution is -2.08. The lowest BCUT2D eigenvalue weighted by atomic mass is 10.1. The lowest BCUT2D eigenvalue weighted by molar-refractivity contribution is 0.0893. The quantitative estimate of drug-likeness (QED) is 0.614. The molecular weight excluding hydrogens is 248 g/mol. The zero-order valence-corrected chi connectivity index (χ0v) is 11.2. The number of thiophene rings is 1. The van der Waals surface area contributed by atoms with Gasteiger partial charge in [-0.3, -0.25) is 14.3 Å². The van der Waals surface area contributed by atoms with Crippen LogP contribution in [0.15, 0.2) is 24.4 Å². The van der Waals surface area contributed by atoms with Crippen LogP contribution in [0.4, 0.5) is 0 Å². The molecule has 0 aliphatic rings. The first-order chi connectivity index (χ1) is 8.60. The van der Waals surface area contributed by atoms with Crippen LogP contribution in [0.2, 0.25) is 0 Å². The Hall–Kier alpha value is -1.75. The summed E-state index contributed by atoms with van der Waals surface area (Å²) < 4.78 is 1.55. The van der Waals surface area contributed by atoms with Crippen LogP contribution in [0, 0.1) is 0 Å². The second-order valence-electron chi connectivity index (χ2n) is 4.02. The highest BCUT2D eigenvalue weighted by Gasteiger charge is 2.16. The smallest absolute Gasteiger partial charge is 0.190 e. The Bertz CT molecular complexity index is 583. The average Bonchev–Trinajstić information content (AvgIpc) is 2.97. The van der Waals surface area contributed by atoms with Crippen molar-refractivity contribution in [2.24, 2.45) is 7.05 Å². The van der Waals surface area contributed by atoms with E-state index in [2.05, 4.69) is 5.10 Å². The molecule has 5 heteroatoms. The van der Waals surface area contributed by atoms with Gasteiger partial charge in [0, 0.05) is 18.1 Å². The topological polar surface area (TPSA) is 52.0 Å². The highest BCUT2D eigenvalue weighted by atomic mass is 32.1. The molecule has 2 aromatic heterocycles. The summed E-state index contributed by atoms with van der Waals surface area (Å²) in [5, 5.41) is 4.00. The molecule has 0 amide bonds. The molecule has 0 aliphatic carbocycles. The Morgan fingerprint density at radius 1 is 1.28 bits per heavy atom. The number of carbonyl (C=O) groups excluding carboxylic acids is 2. The summed E-state index contributed by atoms with van der Waals surface area (Å²) in [5.41, 5.74) is 0.345. The number of carbonyl (C=O) groups is 2. The van der Waals surface area contributed by atoms with E-state index >= 15 is 0 Å². The molecule has 2 heterocycles. The maximum absolute atomic E-state index is 11.9. The van der Waals surface area contributed by atoms with Crippen LogP contribution < -0.4 is 0 Å². The number of rotatable bonds is 5. The lowest BCUT2D eigenvalue weighted by Gasteiger charge is -1.95. The second kappa shape index (κ2) is 5.27. The standard InChI is InChI=1S/C13H14N2O2S/c1-3-9-4-5-13(18-9)12(17)8-11(16)10-6-7-15(2)14-10/h4-7H,3,8H2,1-2H3. The summed E-state index contributed by atoms with van der Waals surface area (Å²) in [6.07, 6.45) is 2.49. The fraction of sp³-hybridized carbons (Fsp3) is 0.308. The molecular formula is C13H14N2O2S. The monoisotopic (exact) mass is 262 g/mol. The minimum absolute atomic E-state index is 0.110. The van der Waals surface area contributed by atoms with Gasteiger partial charge < -0.3 is 0 Å². The molecule has 0 spiro atoms. The van der Waals surface area contributed by atoms with Gasteiger partial charge in [-0.2, -0.15) is 5.10 Å². The fourth-order valence-corrected chi connectivity index (χ4v) is 2.49. The van der Waals surface area contributed by atoms with E-state index in [9.17, 15) is 9.59 Å². The van der Waals surface area contributed by atoms with Crippen molar-refractivity contribution < 1.29 is 9.59 Å². The molecule has 0 N–H and O–H groups in total. The first-order valence-electron chi connectivity index (χ1n) is 5.75. The zero-order valence-electron chi connectivity index (χ0n) is 10.3. The molecule has 0 radical (unpaired) electrons. The number of hydrogen-bond acceptors (Lipinski definition) is 4. The van der Waals surface area contributed by atoms with Gasteiger partial charge in [-0.25, -0.2) is 0 Å². The Morgan fingerprint density at radius 3 is 2.61 bits per heavy atom. The summed E-state index contributed by atoms with van der Waals surface area (Å²) in [6.45, 7) is 2.04. The van der Waals surface area contributed by atoms with Crippen LogP contribution in [-0.4, -0.2) is 21.3 Å². The van der Waals surface area contributed by atoms with Crippen LogP contribution in [0.5, 0.6) is 0 Å². The van der Waals surface area contributed by atoms with Crippen LogP contribution in [0.25, 0.3) is 0 Å². The van der Waals surface area contributed by atoms with Crippen molar-refractivity contribution in [3.05, 3.63) is 39.8 Å². The van der Waals surface area contributed by atoms with E-state index in [4.69, 9.17) is 0 Å². The van der Waals surface area contributed by atoms with Crippen LogP contribution >= 0.6 is 11.3 Å². The molecule has 0 bridgehead atoms. The molecule has 0 fully saturated rings. The van der Waals surface area contributed by atoms with Gasteiger partial charge in [0.2, 0.25) is 0 Å². The third-order valence-electron chi connectivity index (χ3n) is 2.61. The molecule has 94 valence electrons. The Morgan fingerprint density at radius 2 is 2.06 bits per heavy atom. The van der Waals surface area contributed by atoms with Crippen LogP contribution in [0.1, 0.15) is 38.4 Å². The van der Waals surface area contributed by atoms with Crippen molar-refractivity contribution in [3.8, 4) is 0 Å². The van der Waals surface area contributed by atoms with E-state index in [0.29, 0.717) is 10.6 Å². The predicted molar refractivity (Wildman–Crippen MR) is 70.2 cm³/mol. The molecule has 18 heavy (non-hydrogen) atoms. The third-order valence-corrected chi connectivity index (χ3v) is 3.88. The highest BCUT2D eigenvalue weighted by Crippen LogP contribution is 2.19. The van der Waals surface area contributed by atoms with Crippen LogP contribution in [-0.2, 0) is 13.5 Å². The normalized spacial score (nSPS) is 10.6. The Balaban J connectivity index is 2.05. The van der Waals surface area contributed by atoms with Gasteiger partial charge in [0.05, 0.1) is 11.3 Å². The number of hydrogen-bond donors (Lipinski definition) is 0. The summed E-state index contributed by atoms with van der Waals surface area (Å²) in [5.74, 6) is -0.359. The minimum atomic E-state index is -0.230. The van der Waals surface area contributed by atoms with E-state index in [0.717, 1.165) is 11.3 Å². The number of ketones is 2. The van der Waals surface area contributed by atoms with Gasteiger partial charge >= 0.3 is 0 Å². The van der Waals surface area contributed by atoms with E-state index in [1.807, 2.05) is 13.0 Å². The maximum atomic E-state index is 11.9. The van der Waals surface area contributed by atoms with Crippen molar-refractivity contribution in [2.75, 3.05) is 0 Å².